The highest BCUT2D eigenvalue weighted by molar-refractivity contribution is 5.56. The molecule has 1 aromatic rings. The molecular weight excluding hydrogens is 208 g/mol. The van der Waals surface area contributed by atoms with Gasteiger partial charge in [0.1, 0.15) is 0 Å². The second kappa shape index (κ2) is 4.69. The maximum Gasteiger partial charge on any atom is 0.0376 e. The van der Waals surface area contributed by atoms with Crippen molar-refractivity contribution in [3.63, 3.8) is 0 Å². The molecule has 0 atom stereocenters. The van der Waals surface area contributed by atoms with Crippen molar-refractivity contribution in [2.75, 3.05) is 18.9 Å². The van der Waals surface area contributed by atoms with E-state index in [1.54, 1.807) is 0 Å². The summed E-state index contributed by atoms with van der Waals surface area (Å²) in [5.74, 6) is 0. The molecule has 1 heterocycles. The minimum atomic E-state index is 0.816. The number of anilines is 1. The summed E-state index contributed by atoms with van der Waals surface area (Å²) in [7, 11) is 2.27. The zero-order valence-electron chi connectivity index (χ0n) is 10.7. The van der Waals surface area contributed by atoms with E-state index in [2.05, 4.69) is 35.5 Å². The molecule has 0 bridgehead atoms. The summed E-state index contributed by atoms with van der Waals surface area (Å²) in [4.78, 5) is 2.53. The largest absolute Gasteiger partial charge is 0.384 e. The molecule has 1 aliphatic heterocycles. The Morgan fingerprint density at radius 2 is 2.12 bits per heavy atom. The van der Waals surface area contributed by atoms with Gasteiger partial charge in [-0.25, -0.2) is 0 Å². The van der Waals surface area contributed by atoms with Crippen LogP contribution in [0.15, 0.2) is 18.2 Å². The Morgan fingerprint density at radius 3 is 2.94 bits per heavy atom. The highest BCUT2D eigenvalue weighted by Gasteiger charge is 2.19. The Balaban J connectivity index is 1.68. The summed E-state index contributed by atoms with van der Waals surface area (Å²) in [6.45, 7) is 2.21. The molecule has 2 aliphatic rings. The first kappa shape index (κ1) is 11.1. The van der Waals surface area contributed by atoms with E-state index in [0.29, 0.717) is 0 Å². The molecule has 3 rings (SSSR count). The first-order valence-electron chi connectivity index (χ1n) is 6.89. The van der Waals surface area contributed by atoms with Crippen LogP contribution in [0.5, 0.6) is 0 Å². The number of hydrogen-bond acceptors (Lipinski definition) is 2. The van der Waals surface area contributed by atoms with Crippen LogP contribution >= 0.6 is 0 Å². The van der Waals surface area contributed by atoms with Crippen molar-refractivity contribution in [1.82, 2.24) is 4.90 Å². The molecule has 1 N–H and O–H groups in total. The predicted molar refractivity (Wildman–Crippen MR) is 72.4 cm³/mol. The van der Waals surface area contributed by atoms with Crippen molar-refractivity contribution in [3.8, 4) is 0 Å². The normalized spacial score (nSPS) is 19.6. The van der Waals surface area contributed by atoms with E-state index in [1.807, 2.05) is 0 Å². The van der Waals surface area contributed by atoms with Crippen LogP contribution in [-0.4, -0.2) is 24.5 Å². The minimum Gasteiger partial charge on any atom is -0.384 e. The van der Waals surface area contributed by atoms with Crippen LogP contribution < -0.4 is 5.32 Å². The molecule has 17 heavy (non-hydrogen) atoms. The van der Waals surface area contributed by atoms with E-state index in [1.165, 1.54) is 48.9 Å². The molecule has 1 aliphatic carbocycles. The van der Waals surface area contributed by atoms with E-state index in [4.69, 9.17) is 0 Å². The summed E-state index contributed by atoms with van der Waals surface area (Å²) in [5.41, 5.74) is 4.30. The maximum absolute atomic E-state index is 3.46. The van der Waals surface area contributed by atoms with Gasteiger partial charge in [-0.1, -0.05) is 25.0 Å². The molecule has 0 saturated heterocycles. The number of nitrogens with one attached hydrogen (secondary N) is 1. The van der Waals surface area contributed by atoms with Crippen LogP contribution in [0.3, 0.4) is 0 Å². The lowest BCUT2D eigenvalue weighted by Crippen LogP contribution is -2.28. The van der Waals surface area contributed by atoms with Gasteiger partial charge in [0.05, 0.1) is 0 Å². The lowest BCUT2D eigenvalue weighted by molar-refractivity contribution is 0.237. The van der Waals surface area contributed by atoms with Crippen LogP contribution in [0.4, 0.5) is 5.69 Å². The Morgan fingerprint density at radius 1 is 1.29 bits per heavy atom. The standard InChI is InChI=1S/C15H22N2/c1-17(14-4-2-3-5-14)11-12-6-7-13-8-9-16-15(13)10-12/h6-7,10,14,16H,2-5,8-9,11H2,1H3. The molecule has 92 valence electrons. The minimum absolute atomic E-state index is 0.816. The number of rotatable bonds is 3. The molecular formula is C15H22N2. The first-order chi connectivity index (χ1) is 8.33. The highest BCUT2D eigenvalue weighted by Crippen LogP contribution is 2.26. The van der Waals surface area contributed by atoms with E-state index < -0.39 is 0 Å². The summed E-state index contributed by atoms with van der Waals surface area (Å²) < 4.78 is 0. The Bertz CT molecular complexity index is 394. The third-order valence-corrected chi connectivity index (χ3v) is 4.26. The second-order valence-electron chi connectivity index (χ2n) is 5.52. The quantitative estimate of drug-likeness (QED) is 0.858. The van der Waals surface area contributed by atoms with Gasteiger partial charge in [0.15, 0.2) is 0 Å². The fraction of sp³-hybridized carbons (Fsp3) is 0.600. The summed E-state index contributed by atoms with van der Waals surface area (Å²) in [5, 5.41) is 3.46. The summed E-state index contributed by atoms with van der Waals surface area (Å²) >= 11 is 0. The van der Waals surface area contributed by atoms with Gasteiger partial charge in [0, 0.05) is 24.8 Å². The van der Waals surface area contributed by atoms with Gasteiger partial charge in [-0.3, -0.25) is 4.90 Å². The molecule has 2 nitrogen and oxygen atoms in total. The average molecular weight is 230 g/mol. The monoisotopic (exact) mass is 230 g/mol. The lowest BCUT2D eigenvalue weighted by Gasteiger charge is -2.24. The van der Waals surface area contributed by atoms with Crippen molar-refractivity contribution in [2.24, 2.45) is 0 Å². The molecule has 0 amide bonds. The Labute approximate surface area is 104 Å². The second-order valence-corrected chi connectivity index (χ2v) is 5.52. The first-order valence-corrected chi connectivity index (χ1v) is 6.89. The van der Waals surface area contributed by atoms with Crippen LogP contribution in [0.25, 0.3) is 0 Å². The molecule has 2 heteroatoms. The van der Waals surface area contributed by atoms with Crippen molar-refractivity contribution in [2.45, 2.75) is 44.7 Å². The fourth-order valence-corrected chi connectivity index (χ4v) is 3.20. The number of hydrogen-bond donors (Lipinski definition) is 1. The van der Waals surface area contributed by atoms with E-state index in [9.17, 15) is 0 Å². The molecule has 0 spiro atoms. The predicted octanol–water partition coefficient (Wildman–Crippen LogP) is 3.03. The Kier molecular flexibility index (Phi) is 3.06. The Hall–Kier alpha value is -1.02. The summed E-state index contributed by atoms with van der Waals surface area (Å²) in [6, 6.07) is 7.76. The molecule has 0 aromatic heterocycles. The topological polar surface area (TPSA) is 15.3 Å². The van der Waals surface area contributed by atoms with E-state index in [0.717, 1.165) is 19.1 Å². The van der Waals surface area contributed by atoms with Crippen LogP contribution in [0, 0.1) is 0 Å². The zero-order chi connectivity index (χ0) is 11.7. The third-order valence-electron chi connectivity index (χ3n) is 4.26. The zero-order valence-corrected chi connectivity index (χ0v) is 10.7. The summed E-state index contributed by atoms with van der Waals surface area (Å²) in [6.07, 6.45) is 6.80. The number of fused-ring (bicyclic) bond motifs is 1. The van der Waals surface area contributed by atoms with Gasteiger partial charge in [0.2, 0.25) is 0 Å². The van der Waals surface area contributed by atoms with Gasteiger partial charge in [-0.05, 0) is 43.5 Å². The highest BCUT2D eigenvalue weighted by atomic mass is 15.1. The number of nitrogens with zero attached hydrogens (tertiary/aromatic N) is 1. The molecule has 1 aromatic carbocycles. The van der Waals surface area contributed by atoms with E-state index >= 15 is 0 Å². The fourth-order valence-electron chi connectivity index (χ4n) is 3.20. The van der Waals surface area contributed by atoms with Gasteiger partial charge in [-0.15, -0.1) is 0 Å². The SMILES string of the molecule is CN(Cc1ccc2c(c1)NCC2)C1CCCC1. The third kappa shape index (κ3) is 2.32. The maximum atomic E-state index is 3.46. The smallest absolute Gasteiger partial charge is 0.0376 e. The van der Waals surface area contributed by atoms with Gasteiger partial charge in [-0.2, -0.15) is 0 Å². The van der Waals surface area contributed by atoms with Gasteiger partial charge >= 0.3 is 0 Å². The van der Waals surface area contributed by atoms with E-state index in [-0.39, 0.29) is 0 Å². The average Bonchev–Trinajstić information content (AvgIpc) is 2.99. The molecule has 1 fully saturated rings. The van der Waals surface area contributed by atoms with Gasteiger partial charge < -0.3 is 5.32 Å². The van der Waals surface area contributed by atoms with Crippen LogP contribution in [0.2, 0.25) is 0 Å². The van der Waals surface area contributed by atoms with Crippen LogP contribution in [-0.2, 0) is 13.0 Å². The molecule has 0 unspecified atom stereocenters. The van der Waals surface area contributed by atoms with Crippen molar-refractivity contribution < 1.29 is 0 Å². The van der Waals surface area contributed by atoms with Gasteiger partial charge in [0.25, 0.3) is 0 Å². The van der Waals surface area contributed by atoms with Crippen molar-refractivity contribution >= 4 is 5.69 Å². The lowest BCUT2D eigenvalue weighted by atomic mass is 10.1. The van der Waals surface area contributed by atoms with Crippen molar-refractivity contribution in [3.05, 3.63) is 29.3 Å². The molecule has 1 saturated carbocycles. The van der Waals surface area contributed by atoms with Crippen molar-refractivity contribution in [1.29, 1.82) is 0 Å². The molecule has 0 radical (unpaired) electrons. The van der Waals surface area contributed by atoms with Crippen LogP contribution in [0.1, 0.15) is 36.8 Å². The number of benzene rings is 1.